The number of thioether (sulfide) groups is 1. The van der Waals surface area contributed by atoms with E-state index in [1.165, 1.54) is 37.0 Å². The first-order chi connectivity index (χ1) is 5.73. The normalized spacial score (nSPS) is 27.7. The summed E-state index contributed by atoms with van der Waals surface area (Å²) in [6.45, 7) is 4.09. The molecule has 1 aliphatic heterocycles. The lowest BCUT2D eigenvalue weighted by Gasteiger charge is -2.33. The highest BCUT2D eigenvalue weighted by Gasteiger charge is 2.40. The molecule has 66 valence electrons. The Labute approximate surface area is 83.0 Å². The number of hydrogen-bond acceptors (Lipinski definition) is 2. The lowest BCUT2D eigenvalue weighted by molar-refractivity contribution is 0.330. The van der Waals surface area contributed by atoms with Crippen LogP contribution in [0, 0.1) is 0 Å². The smallest absolute Gasteiger partial charge is 0.139 e. The van der Waals surface area contributed by atoms with Crippen LogP contribution in [0.1, 0.15) is 32.1 Å². The highest BCUT2D eigenvalue weighted by Crippen LogP contribution is 2.43. The van der Waals surface area contributed by atoms with Gasteiger partial charge in [0.05, 0.1) is 5.54 Å². The van der Waals surface area contributed by atoms with E-state index in [1.54, 1.807) is 11.8 Å². The van der Waals surface area contributed by atoms with Crippen LogP contribution in [-0.4, -0.2) is 9.86 Å². The Morgan fingerprint density at radius 3 is 2.50 bits per heavy atom. The average molecular weight is 199 g/mol. The summed E-state index contributed by atoms with van der Waals surface area (Å²) in [5.74, 6) is 0. The summed E-state index contributed by atoms with van der Waals surface area (Å²) in [5.41, 5.74) is 0.181. The van der Waals surface area contributed by atoms with Crippen molar-refractivity contribution in [2.75, 3.05) is 0 Å². The third-order valence-corrected chi connectivity index (χ3v) is 4.07. The van der Waals surface area contributed by atoms with Gasteiger partial charge in [0.1, 0.15) is 4.32 Å². The molecule has 1 nitrogen and oxygen atoms in total. The van der Waals surface area contributed by atoms with Crippen LogP contribution >= 0.6 is 24.0 Å². The second kappa shape index (κ2) is 3.04. The van der Waals surface area contributed by atoms with Crippen LogP contribution in [0.2, 0.25) is 0 Å². The van der Waals surface area contributed by atoms with Gasteiger partial charge >= 0.3 is 0 Å². The molecule has 2 rings (SSSR count). The zero-order valence-corrected chi connectivity index (χ0v) is 8.69. The fourth-order valence-electron chi connectivity index (χ4n) is 2.06. The van der Waals surface area contributed by atoms with Crippen LogP contribution in [0.15, 0.2) is 11.5 Å². The van der Waals surface area contributed by atoms with E-state index in [4.69, 9.17) is 12.2 Å². The molecule has 0 aromatic heterocycles. The van der Waals surface area contributed by atoms with Crippen molar-refractivity contribution in [3.05, 3.63) is 11.5 Å². The summed E-state index contributed by atoms with van der Waals surface area (Å²) in [5, 5.41) is 3.41. The molecule has 0 amide bonds. The molecule has 2 aliphatic rings. The Balaban J connectivity index is 2.18. The van der Waals surface area contributed by atoms with Crippen molar-refractivity contribution < 1.29 is 0 Å². The van der Waals surface area contributed by atoms with Gasteiger partial charge in [-0.15, -0.1) is 0 Å². The molecule has 1 saturated heterocycles. The molecular weight excluding hydrogens is 186 g/mol. The highest BCUT2D eigenvalue weighted by atomic mass is 32.2. The molecule has 1 heterocycles. The summed E-state index contributed by atoms with van der Waals surface area (Å²) in [6.07, 6.45) is 6.44. The Kier molecular flexibility index (Phi) is 2.17. The highest BCUT2D eigenvalue weighted by molar-refractivity contribution is 8.26. The van der Waals surface area contributed by atoms with Crippen molar-refractivity contribution in [2.24, 2.45) is 0 Å². The van der Waals surface area contributed by atoms with E-state index in [9.17, 15) is 0 Å². The first-order valence-electron chi connectivity index (χ1n) is 4.42. The van der Waals surface area contributed by atoms with Crippen molar-refractivity contribution in [3.8, 4) is 0 Å². The largest absolute Gasteiger partial charge is 0.361 e. The Hall–Kier alpha value is -0.0200. The van der Waals surface area contributed by atoms with Crippen LogP contribution in [0.4, 0.5) is 0 Å². The molecule has 0 aromatic rings. The molecule has 3 heteroatoms. The van der Waals surface area contributed by atoms with Crippen molar-refractivity contribution >= 4 is 28.3 Å². The van der Waals surface area contributed by atoms with Crippen LogP contribution in [0.25, 0.3) is 0 Å². The number of hydrogen-bond donors (Lipinski definition) is 1. The van der Waals surface area contributed by atoms with Crippen molar-refractivity contribution in [2.45, 2.75) is 37.6 Å². The van der Waals surface area contributed by atoms with Gasteiger partial charge in [-0.1, -0.05) is 49.8 Å². The van der Waals surface area contributed by atoms with Gasteiger partial charge in [0.15, 0.2) is 0 Å². The summed E-state index contributed by atoms with van der Waals surface area (Å²) < 4.78 is 0.918. The van der Waals surface area contributed by atoms with Crippen LogP contribution in [-0.2, 0) is 0 Å². The maximum Gasteiger partial charge on any atom is 0.139 e. The van der Waals surface area contributed by atoms with E-state index in [1.807, 2.05) is 0 Å². The predicted molar refractivity (Wildman–Crippen MR) is 58.3 cm³/mol. The van der Waals surface area contributed by atoms with Gasteiger partial charge < -0.3 is 5.32 Å². The Morgan fingerprint density at radius 1 is 1.33 bits per heavy atom. The molecule has 1 aliphatic carbocycles. The monoisotopic (exact) mass is 199 g/mol. The molecule has 0 radical (unpaired) electrons. The lowest BCUT2D eigenvalue weighted by atomic mass is 9.82. The minimum Gasteiger partial charge on any atom is -0.361 e. The average Bonchev–Trinajstić information content (AvgIpc) is 2.29. The maximum absolute atomic E-state index is 5.14. The molecular formula is C9H13NS2. The van der Waals surface area contributed by atoms with Gasteiger partial charge in [0, 0.05) is 4.91 Å². The molecule has 2 fully saturated rings. The van der Waals surface area contributed by atoms with Crippen LogP contribution in [0.3, 0.4) is 0 Å². The molecule has 0 aromatic carbocycles. The fraction of sp³-hybridized carbons (Fsp3) is 0.667. The van der Waals surface area contributed by atoms with Gasteiger partial charge in [-0.05, 0) is 12.8 Å². The third-order valence-electron chi connectivity index (χ3n) is 2.80. The van der Waals surface area contributed by atoms with E-state index in [-0.39, 0.29) is 5.54 Å². The van der Waals surface area contributed by atoms with Crippen molar-refractivity contribution in [1.29, 1.82) is 0 Å². The van der Waals surface area contributed by atoms with Gasteiger partial charge in [-0.2, -0.15) is 0 Å². The quantitative estimate of drug-likeness (QED) is 0.603. The summed E-state index contributed by atoms with van der Waals surface area (Å²) >= 11 is 6.79. The molecule has 1 spiro atoms. The SMILES string of the molecule is C=C1SC(=S)NC12CCCCC2. The summed E-state index contributed by atoms with van der Waals surface area (Å²) in [4.78, 5) is 1.24. The summed E-state index contributed by atoms with van der Waals surface area (Å²) in [7, 11) is 0. The predicted octanol–water partition coefficient (Wildman–Crippen LogP) is 2.82. The first-order valence-corrected chi connectivity index (χ1v) is 5.65. The molecule has 0 unspecified atom stereocenters. The lowest BCUT2D eigenvalue weighted by Crippen LogP contribution is -2.43. The van der Waals surface area contributed by atoms with E-state index in [2.05, 4.69) is 11.9 Å². The van der Waals surface area contributed by atoms with E-state index in [0.717, 1.165) is 4.32 Å². The third kappa shape index (κ3) is 1.29. The van der Waals surface area contributed by atoms with Gasteiger partial charge in [-0.25, -0.2) is 0 Å². The zero-order valence-electron chi connectivity index (χ0n) is 7.06. The molecule has 0 atom stereocenters. The fourth-order valence-corrected chi connectivity index (χ4v) is 3.48. The Bertz CT molecular complexity index is 229. The molecule has 1 N–H and O–H groups in total. The van der Waals surface area contributed by atoms with Crippen LogP contribution < -0.4 is 5.32 Å². The van der Waals surface area contributed by atoms with Crippen molar-refractivity contribution in [3.63, 3.8) is 0 Å². The standard InChI is InChI=1S/C9H13NS2/c1-7-9(10-8(11)12-7)5-3-2-4-6-9/h1-6H2,(H,10,11). The number of thiocarbonyl (C=S) groups is 1. The number of nitrogens with one attached hydrogen (secondary N) is 1. The van der Waals surface area contributed by atoms with Gasteiger partial charge in [-0.3, -0.25) is 0 Å². The number of rotatable bonds is 0. The van der Waals surface area contributed by atoms with Gasteiger partial charge in [0.25, 0.3) is 0 Å². The maximum atomic E-state index is 5.14. The molecule has 12 heavy (non-hydrogen) atoms. The first kappa shape index (κ1) is 8.57. The van der Waals surface area contributed by atoms with E-state index < -0.39 is 0 Å². The minimum atomic E-state index is 0.181. The minimum absolute atomic E-state index is 0.181. The second-order valence-electron chi connectivity index (χ2n) is 3.58. The molecule has 0 bridgehead atoms. The Morgan fingerprint density at radius 2 is 2.00 bits per heavy atom. The molecule has 1 saturated carbocycles. The zero-order chi connectivity index (χ0) is 8.60. The van der Waals surface area contributed by atoms with E-state index >= 15 is 0 Å². The second-order valence-corrected chi connectivity index (χ2v) is 5.35. The topological polar surface area (TPSA) is 12.0 Å². The van der Waals surface area contributed by atoms with Gasteiger partial charge in [0.2, 0.25) is 0 Å². The van der Waals surface area contributed by atoms with Crippen molar-refractivity contribution in [1.82, 2.24) is 5.32 Å². The summed E-state index contributed by atoms with van der Waals surface area (Å²) in [6, 6.07) is 0. The van der Waals surface area contributed by atoms with Crippen LogP contribution in [0.5, 0.6) is 0 Å². The van der Waals surface area contributed by atoms with E-state index in [0.29, 0.717) is 0 Å².